The molecule has 0 fully saturated rings. The third kappa shape index (κ3) is 3.11. The largest absolute Gasteiger partial charge is 0.491 e. The molecule has 1 N–H and O–H groups in total. The van der Waals surface area contributed by atoms with E-state index in [2.05, 4.69) is 6.92 Å². The van der Waals surface area contributed by atoms with Crippen molar-refractivity contribution in [2.45, 2.75) is 6.10 Å². The summed E-state index contributed by atoms with van der Waals surface area (Å²) in [6.45, 7) is 3.57. The molecule has 0 aromatic heterocycles. The topological polar surface area (TPSA) is 29.5 Å². The fourth-order valence-electron chi connectivity index (χ4n) is 0.723. The molecule has 0 saturated heterocycles. The quantitative estimate of drug-likeness (QED) is 0.780. The predicted octanol–water partition coefficient (Wildman–Crippen LogP) is 1.91. The lowest BCUT2D eigenvalue weighted by Crippen LogP contribution is -2.12. The Morgan fingerprint density at radius 2 is 2.00 bits per heavy atom. The number of aliphatic hydroxyl groups excluding tert-OH is 1. The smallest absolute Gasteiger partial charge is 0.119 e. The van der Waals surface area contributed by atoms with E-state index in [1.165, 1.54) is 0 Å². The van der Waals surface area contributed by atoms with Crippen LogP contribution in [0.1, 0.15) is 0 Å². The number of hydrogen-bond acceptors (Lipinski definition) is 2. The summed E-state index contributed by atoms with van der Waals surface area (Å²) >= 11 is 5.66. The highest BCUT2D eigenvalue weighted by Gasteiger charge is 1.97. The molecule has 1 atom stereocenters. The second-order valence-electron chi connectivity index (χ2n) is 2.42. The highest BCUT2D eigenvalue weighted by Crippen LogP contribution is 2.15. The lowest BCUT2D eigenvalue weighted by atomic mass is 10.3. The van der Waals surface area contributed by atoms with Crippen LogP contribution in [0.2, 0.25) is 5.02 Å². The molecule has 0 amide bonds. The van der Waals surface area contributed by atoms with Crippen molar-refractivity contribution in [2.75, 3.05) is 6.61 Å². The van der Waals surface area contributed by atoms with Crippen LogP contribution in [-0.2, 0) is 0 Å². The standard InChI is InChI=1S/C9H10ClO2/c1-7(11)6-12-9-4-2-8(10)3-5-9/h2-5,7,11H,1,6H2. The van der Waals surface area contributed by atoms with Gasteiger partial charge in [-0.1, -0.05) is 11.6 Å². The first-order chi connectivity index (χ1) is 5.68. The Labute approximate surface area is 76.7 Å². The van der Waals surface area contributed by atoms with E-state index < -0.39 is 6.10 Å². The molecule has 1 unspecified atom stereocenters. The summed E-state index contributed by atoms with van der Waals surface area (Å²) in [5.74, 6) is 0.683. The van der Waals surface area contributed by atoms with Crippen LogP contribution >= 0.6 is 11.6 Å². The summed E-state index contributed by atoms with van der Waals surface area (Å²) < 4.78 is 5.15. The zero-order valence-corrected chi connectivity index (χ0v) is 7.29. The van der Waals surface area contributed by atoms with Crippen LogP contribution in [0.4, 0.5) is 0 Å². The van der Waals surface area contributed by atoms with E-state index in [0.29, 0.717) is 10.8 Å². The van der Waals surface area contributed by atoms with Crippen LogP contribution < -0.4 is 4.74 Å². The summed E-state index contributed by atoms with van der Waals surface area (Å²) in [5, 5.41) is 9.47. The van der Waals surface area contributed by atoms with E-state index in [0.717, 1.165) is 0 Å². The third-order valence-corrected chi connectivity index (χ3v) is 1.51. The minimum atomic E-state index is -0.694. The van der Waals surface area contributed by atoms with Gasteiger partial charge in [-0.15, -0.1) is 0 Å². The number of hydrogen-bond donors (Lipinski definition) is 1. The molecule has 0 saturated carbocycles. The minimum Gasteiger partial charge on any atom is -0.491 e. The fourth-order valence-corrected chi connectivity index (χ4v) is 0.849. The monoisotopic (exact) mass is 185 g/mol. The Kier molecular flexibility index (Phi) is 3.38. The maximum Gasteiger partial charge on any atom is 0.119 e. The van der Waals surface area contributed by atoms with Crippen molar-refractivity contribution < 1.29 is 9.84 Å². The van der Waals surface area contributed by atoms with E-state index >= 15 is 0 Å². The fraction of sp³-hybridized carbons (Fsp3) is 0.222. The first-order valence-corrected chi connectivity index (χ1v) is 3.96. The maximum absolute atomic E-state index is 8.81. The van der Waals surface area contributed by atoms with Crippen molar-refractivity contribution in [3.63, 3.8) is 0 Å². The number of benzene rings is 1. The average molecular weight is 186 g/mol. The number of halogens is 1. The normalized spacial score (nSPS) is 12.6. The first kappa shape index (κ1) is 9.36. The lowest BCUT2D eigenvalue weighted by molar-refractivity contribution is 0.142. The SMILES string of the molecule is [CH2]C(O)COc1ccc(Cl)cc1. The molecule has 1 radical (unpaired) electrons. The second kappa shape index (κ2) is 4.33. The van der Waals surface area contributed by atoms with Gasteiger partial charge in [0.15, 0.2) is 0 Å². The van der Waals surface area contributed by atoms with Gasteiger partial charge < -0.3 is 9.84 Å². The molecule has 0 spiro atoms. The van der Waals surface area contributed by atoms with Crippen molar-refractivity contribution in [3.05, 3.63) is 36.2 Å². The van der Waals surface area contributed by atoms with E-state index in [-0.39, 0.29) is 6.61 Å². The van der Waals surface area contributed by atoms with Gasteiger partial charge in [-0.2, -0.15) is 0 Å². The van der Waals surface area contributed by atoms with E-state index in [4.69, 9.17) is 21.4 Å². The Hall–Kier alpha value is -0.730. The second-order valence-corrected chi connectivity index (χ2v) is 2.86. The number of rotatable bonds is 3. The molecule has 1 aromatic carbocycles. The van der Waals surface area contributed by atoms with E-state index in [1.807, 2.05) is 0 Å². The molecular formula is C9H10ClO2. The molecule has 1 aromatic rings. The Balaban J connectivity index is 2.48. The van der Waals surface area contributed by atoms with Crippen molar-refractivity contribution >= 4 is 11.6 Å². The van der Waals surface area contributed by atoms with E-state index in [1.54, 1.807) is 24.3 Å². The lowest BCUT2D eigenvalue weighted by Gasteiger charge is -2.07. The Morgan fingerprint density at radius 1 is 1.42 bits per heavy atom. The van der Waals surface area contributed by atoms with Crippen LogP contribution in [0.15, 0.2) is 24.3 Å². The molecule has 65 valence electrons. The van der Waals surface area contributed by atoms with Crippen LogP contribution in [0.5, 0.6) is 5.75 Å². The van der Waals surface area contributed by atoms with Crippen molar-refractivity contribution in [1.29, 1.82) is 0 Å². The molecule has 3 heteroatoms. The van der Waals surface area contributed by atoms with Gasteiger partial charge in [0.1, 0.15) is 12.4 Å². The van der Waals surface area contributed by atoms with Crippen LogP contribution in [0.25, 0.3) is 0 Å². The zero-order chi connectivity index (χ0) is 8.97. The van der Waals surface area contributed by atoms with E-state index in [9.17, 15) is 0 Å². The zero-order valence-electron chi connectivity index (χ0n) is 6.53. The molecule has 1 rings (SSSR count). The highest BCUT2D eigenvalue weighted by molar-refractivity contribution is 6.30. The summed E-state index contributed by atoms with van der Waals surface area (Å²) in [6, 6.07) is 6.94. The first-order valence-electron chi connectivity index (χ1n) is 3.58. The number of aliphatic hydroxyl groups is 1. The maximum atomic E-state index is 8.81. The summed E-state index contributed by atoms with van der Waals surface area (Å²) in [4.78, 5) is 0. The molecule has 12 heavy (non-hydrogen) atoms. The minimum absolute atomic E-state index is 0.196. The van der Waals surface area contributed by atoms with Gasteiger partial charge in [-0.25, -0.2) is 0 Å². The van der Waals surface area contributed by atoms with Gasteiger partial charge >= 0.3 is 0 Å². The van der Waals surface area contributed by atoms with Gasteiger partial charge in [0, 0.05) is 5.02 Å². The van der Waals surface area contributed by atoms with Crippen molar-refractivity contribution in [1.82, 2.24) is 0 Å². The summed E-state index contributed by atoms with van der Waals surface area (Å²) in [6.07, 6.45) is -0.694. The van der Waals surface area contributed by atoms with Crippen molar-refractivity contribution in [2.24, 2.45) is 0 Å². The van der Waals surface area contributed by atoms with Crippen molar-refractivity contribution in [3.8, 4) is 5.75 Å². The molecular weight excluding hydrogens is 176 g/mol. The molecule has 0 bridgehead atoms. The van der Waals surface area contributed by atoms with Gasteiger partial charge in [0.05, 0.1) is 6.10 Å². The summed E-state index contributed by atoms with van der Waals surface area (Å²) in [7, 11) is 0. The predicted molar refractivity (Wildman–Crippen MR) is 48.3 cm³/mol. The van der Waals surface area contributed by atoms with Gasteiger partial charge in [-0.05, 0) is 31.2 Å². The van der Waals surface area contributed by atoms with Crippen LogP contribution in [-0.4, -0.2) is 17.8 Å². The number of ether oxygens (including phenoxy) is 1. The highest BCUT2D eigenvalue weighted by atomic mass is 35.5. The third-order valence-electron chi connectivity index (χ3n) is 1.26. The molecule has 0 aliphatic carbocycles. The molecule has 0 aliphatic rings. The van der Waals surface area contributed by atoms with Crippen LogP contribution in [0.3, 0.4) is 0 Å². The van der Waals surface area contributed by atoms with Gasteiger partial charge in [-0.3, -0.25) is 0 Å². The summed E-state index contributed by atoms with van der Waals surface area (Å²) in [5.41, 5.74) is 0. The average Bonchev–Trinajstić information content (AvgIpc) is 2.03. The van der Waals surface area contributed by atoms with Gasteiger partial charge in [0.2, 0.25) is 0 Å². The molecule has 0 aliphatic heterocycles. The van der Waals surface area contributed by atoms with Gasteiger partial charge in [0.25, 0.3) is 0 Å². The Bertz CT molecular complexity index is 231. The Morgan fingerprint density at radius 3 is 2.50 bits per heavy atom. The molecule has 2 nitrogen and oxygen atoms in total. The van der Waals surface area contributed by atoms with Crippen LogP contribution in [0, 0.1) is 6.92 Å². The molecule has 0 heterocycles.